The van der Waals surface area contributed by atoms with E-state index in [4.69, 9.17) is 4.42 Å². The first-order valence-electron chi connectivity index (χ1n) is 4.08. The smallest absolute Gasteiger partial charge is 0.287 e. The average molecular weight is 167 g/mol. The van der Waals surface area contributed by atoms with E-state index in [2.05, 4.69) is 5.32 Å². The predicted molar refractivity (Wildman–Crippen MR) is 45.9 cm³/mol. The van der Waals surface area contributed by atoms with Crippen LogP contribution in [-0.2, 0) is 0 Å². The molecule has 0 fully saturated rings. The summed E-state index contributed by atoms with van der Waals surface area (Å²) >= 11 is 0. The van der Waals surface area contributed by atoms with Crippen LogP contribution in [0.25, 0.3) is 0 Å². The monoisotopic (exact) mass is 167 g/mol. The fourth-order valence-corrected chi connectivity index (χ4v) is 0.805. The van der Waals surface area contributed by atoms with Crippen molar-refractivity contribution in [2.75, 3.05) is 0 Å². The van der Waals surface area contributed by atoms with E-state index >= 15 is 0 Å². The van der Waals surface area contributed by atoms with E-state index in [-0.39, 0.29) is 11.9 Å². The van der Waals surface area contributed by atoms with Crippen LogP contribution < -0.4 is 5.32 Å². The van der Waals surface area contributed by atoms with E-state index in [1.54, 1.807) is 12.1 Å². The van der Waals surface area contributed by atoms with Crippen LogP contribution in [0.4, 0.5) is 0 Å². The van der Waals surface area contributed by atoms with Crippen molar-refractivity contribution in [3.8, 4) is 0 Å². The van der Waals surface area contributed by atoms with Gasteiger partial charge in [-0.05, 0) is 25.5 Å². The molecule has 0 spiro atoms. The molecule has 0 aromatic carbocycles. The van der Waals surface area contributed by atoms with Gasteiger partial charge in [-0.1, -0.05) is 6.92 Å². The Kier molecular flexibility index (Phi) is 2.91. The van der Waals surface area contributed by atoms with Gasteiger partial charge in [0.15, 0.2) is 5.76 Å². The molecule has 0 radical (unpaired) electrons. The molecule has 1 aromatic rings. The Labute approximate surface area is 71.8 Å². The average Bonchev–Trinajstić information content (AvgIpc) is 2.56. The fourth-order valence-electron chi connectivity index (χ4n) is 0.805. The summed E-state index contributed by atoms with van der Waals surface area (Å²) in [6.07, 6.45) is 2.41. The molecule has 0 saturated carbocycles. The van der Waals surface area contributed by atoms with Gasteiger partial charge >= 0.3 is 0 Å². The molecule has 3 nitrogen and oxygen atoms in total. The number of carbonyl (C=O) groups is 1. The van der Waals surface area contributed by atoms with Crippen LogP contribution in [0.2, 0.25) is 0 Å². The van der Waals surface area contributed by atoms with Gasteiger partial charge < -0.3 is 9.73 Å². The molecule has 1 N–H and O–H groups in total. The van der Waals surface area contributed by atoms with E-state index in [9.17, 15) is 4.79 Å². The second kappa shape index (κ2) is 3.95. The molecular weight excluding hydrogens is 154 g/mol. The summed E-state index contributed by atoms with van der Waals surface area (Å²) in [7, 11) is 0. The van der Waals surface area contributed by atoms with Crippen LogP contribution >= 0.6 is 0 Å². The number of rotatable bonds is 3. The van der Waals surface area contributed by atoms with Gasteiger partial charge in [0, 0.05) is 6.04 Å². The predicted octanol–water partition coefficient (Wildman–Crippen LogP) is 1.81. The van der Waals surface area contributed by atoms with Gasteiger partial charge in [0.25, 0.3) is 5.91 Å². The minimum atomic E-state index is -0.144. The standard InChI is InChI=1S/C9H13NO2/c1-3-7(2)10-9(11)8-5-4-6-12-8/h4-7H,3H2,1-2H3,(H,10,11). The highest BCUT2D eigenvalue weighted by atomic mass is 16.3. The largest absolute Gasteiger partial charge is 0.459 e. The molecule has 0 saturated heterocycles. The van der Waals surface area contributed by atoms with Gasteiger partial charge in [-0.2, -0.15) is 0 Å². The number of carbonyl (C=O) groups excluding carboxylic acids is 1. The molecule has 3 heteroatoms. The molecule has 1 amide bonds. The SMILES string of the molecule is CCC(C)NC(=O)c1ccco1. The van der Waals surface area contributed by atoms with Crippen molar-refractivity contribution in [3.05, 3.63) is 24.2 Å². The van der Waals surface area contributed by atoms with Crippen molar-refractivity contribution in [2.24, 2.45) is 0 Å². The van der Waals surface area contributed by atoms with Gasteiger partial charge in [0.1, 0.15) is 0 Å². The lowest BCUT2D eigenvalue weighted by Gasteiger charge is -2.08. The third-order valence-corrected chi connectivity index (χ3v) is 1.73. The van der Waals surface area contributed by atoms with Crippen molar-refractivity contribution in [3.63, 3.8) is 0 Å². The van der Waals surface area contributed by atoms with Crippen molar-refractivity contribution in [2.45, 2.75) is 26.3 Å². The van der Waals surface area contributed by atoms with E-state index < -0.39 is 0 Å². The van der Waals surface area contributed by atoms with E-state index in [0.29, 0.717) is 5.76 Å². The molecule has 1 rings (SSSR count). The maximum Gasteiger partial charge on any atom is 0.287 e. The minimum absolute atomic E-state index is 0.144. The molecule has 0 aliphatic heterocycles. The van der Waals surface area contributed by atoms with Crippen molar-refractivity contribution < 1.29 is 9.21 Å². The third-order valence-electron chi connectivity index (χ3n) is 1.73. The van der Waals surface area contributed by atoms with Crippen molar-refractivity contribution in [1.82, 2.24) is 5.32 Å². The summed E-state index contributed by atoms with van der Waals surface area (Å²) < 4.78 is 4.93. The highest BCUT2D eigenvalue weighted by Crippen LogP contribution is 2.00. The Morgan fingerprint density at radius 2 is 2.50 bits per heavy atom. The second-order valence-electron chi connectivity index (χ2n) is 2.76. The summed E-state index contributed by atoms with van der Waals surface area (Å²) in [6, 6.07) is 3.55. The van der Waals surface area contributed by atoms with E-state index in [1.165, 1.54) is 6.26 Å². The van der Waals surface area contributed by atoms with Crippen LogP contribution in [0.3, 0.4) is 0 Å². The number of hydrogen-bond acceptors (Lipinski definition) is 2. The summed E-state index contributed by atoms with van der Waals surface area (Å²) in [6.45, 7) is 3.98. The Balaban J connectivity index is 2.50. The molecular formula is C9H13NO2. The summed E-state index contributed by atoms with van der Waals surface area (Å²) in [5.41, 5.74) is 0. The fraction of sp³-hybridized carbons (Fsp3) is 0.444. The lowest BCUT2D eigenvalue weighted by molar-refractivity contribution is 0.0911. The molecule has 66 valence electrons. The zero-order valence-electron chi connectivity index (χ0n) is 7.33. The molecule has 1 unspecified atom stereocenters. The first-order valence-corrected chi connectivity index (χ1v) is 4.08. The van der Waals surface area contributed by atoms with Gasteiger partial charge in [0.2, 0.25) is 0 Å². The molecule has 0 aliphatic carbocycles. The van der Waals surface area contributed by atoms with Gasteiger partial charge in [-0.15, -0.1) is 0 Å². The second-order valence-corrected chi connectivity index (χ2v) is 2.76. The summed E-state index contributed by atoms with van der Waals surface area (Å²) in [5, 5.41) is 2.80. The van der Waals surface area contributed by atoms with E-state index in [0.717, 1.165) is 6.42 Å². The normalized spacial score (nSPS) is 12.5. The van der Waals surface area contributed by atoms with Crippen LogP contribution in [0.1, 0.15) is 30.8 Å². The van der Waals surface area contributed by atoms with Crippen LogP contribution in [0, 0.1) is 0 Å². The summed E-state index contributed by atoms with van der Waals surface area (Å²) in [4.78, 5) is 11.3. The highest BCUT2D eigenvalue weighted by molar-refractivity contribution is 5.91. The quantitative estimate of drug-likeness (QED) is 0.746. The van der Waals surface area contributed by atoms with Crippen LogP contribution in [0.15, 0.2) is 22.8 Å². The van der Waals surface area contributed by atoms with Gasteiger partial charge in [0.05, 0.1) is 6.26 Å². The van der Waals surface area contributed by atoms with Crippen LogP contribution in [0.5, 0.6) is 0 Å². The van der Waals surface area contributed by atoms with Gasteiger partial charge in [-0.3, -0.25) is 4.79 Å². The summed E-state index contributed by atoms with van der Waals surface area (Å²) in [5.74, 6) is 0.227. The number of amides is 1. The number of nitrogens with one attached hydrogen (secondary N) is 1. The molecule has 0 bridgehead atoms. The first-order chi connectivity index (χ1) is 5.74. The zero-order chi connectivity index (χ0) is 8.97. The zero-order valence-corrected chi connectivity index (χ0v) is 7.33. The topological polar surface area (TPSA) is 42.2 Å². The number of hydrogen-bond donors (Lipinski definition) is 1. The lowest BCUT2D eigenvalue weighted by atomic mass is 10.2. The molecule has 1 heterocycles. The molecule has 0 aliphatic rings. The lowest BCUT2D eigenvalue weighted by Crippen LogP contribution is -2.31. The van der Waals surface area contributed by atoms with Gasteiger partial charge in [-0.25, -0.2) is 0 Å². The third kappa shape index (κ3) is 2.12. The maximum atomic E-state index is 11.3. The Morgan fingerprint density at radius 1 is 1.75 bits per heavy atom. The maximum absolute atomic E-state index is 11.3. The number of furan rings is 1. The first kappa shape index (κ1) is 8.84. The minimum Gasteiger partial charge on any atom is -0.459 e. The Morgan fingerprint density at radius 3 is 3.00 bits per heavy atom. The molecule has 1 atom stereocenters. The Hall–Kier alpha value is -1.25. The molecule has 1 aromatic heterocycles. The highest BCUT2D eigenvalue weighted by Gasteiger charge is 2.09. The van der Waals surface area contributed by atoms with Crippen molar-refractivity contribution in [1.29, 1.82) is 0 Å². The Bertz CT molecular complexity index is 241. The van der Waals surface area contributed by atoms with Crippen molar-refractivity contribution >= 4 is 5.91 Å². The molecule has 12 heavy (non-hydrogen) atoms. The van der Waals surface area contributed by atoms with Crippen LogP contribution in [-0.4, -0.2) is 11.9 Å². The van der Waals surface area contributed by atoms with E-state index in [1.807, 2.05) is 13.8 Å².